The number of hydrogen-bond acceptors (Lipinski definition) is 4. The predicted octanol–water partition coefficient (Wildman–Crippen LogP) is 1.47. The van der Waals surface area contributed by atoms with Gasteiger partial charge < -0.3 is 15.2 Å². The minimum atomic E-state index is -0.895. The van der Waals surface area contributed by atoms with Gasteiger partial charge in [-0.3, -0.25) is 4.79 Å². The van der Waals surface area contributed by atoms with E-state index in [1.54, 1.807) is 6.92 Å². The lowest BCUT2D eigenvalue weighted by Crippen LogP contribution is -2.45. The lowest BCUT2D eigenvalue weighted by atomic mass is 9.98. The van der Waals surface area contributed by atoms with Crippen LogP contribution in [0.25, 0.3) is 0 Å². The van der Waals surface area contributed by atoms with Gasteiger partial charge in [0.1, 0.15) is 5.54 Å². The quantitative estimate of drug-likeness (QED) is 0.518. The fourth-order valence-electron chi connectivity index (χ4n) is 1.18. The van der Waals surface area contributed by atoms with Gasteiger partial charge in [0.05, 0.1) is 13.2 Å². The van der Waals surface area contributed by atoms with Crippen LogP contribution in [-0.2, 0) is 14.3 Å². The monoisotopic (exact) mass is 217 g/mol. The van der Waals surface area contributed by atoms with Crippen molar-refractivity contribution < 1.29 is 14.3 Å². The maximum Gasteiger partial charge on any atom is 0.325 e. The summed E-state index contributed by atoms with van der Waals surface area (Å²) in [6.45, 7) is 6.43. The molecule has 2 atom stereocenters. The van der Waals surface area contributed by atoms with E-state index >= 15 is 0 Å². The second kappa shape index (κ2) is 6.80. The highest BCUT2D eigenvalue weighted by Crippen LogP contribution is 2.11. The molecule has 0 radical (unpaired) electrons. The Labute approximate surface area is 92.1 Å². The molecule has 15 heavy (non-hydrogen) atoms. The van der Waals surface area contributed by atoms with Crippen molar-refractivity contribution in [1.29, 1.82) is 0 Å². The van der Waals surface area contributed by atoms with Gasteiger partial charge in [-0.1, -0.05) is 6.92 Å². The standard InChI is InChI=1S/C11H23NO3/c1-5-9(2)15-8-6-7-11(3,12)10(13)14-4/h9H,5-8,12H2,1-4H3. The Kier molecular flexibility index (Phi) is 6.52. The first-order chi connectivity index (χ1) is 6.94. The van der Waals surface area contributed by atoms with Crippen molar-refractivity contribution >= 4 is 5.97 Å². The summed E-state index contributed by atoms with van der Waals surface area (Å²) in [5, 5.41) is 0. The van der Waals surface area contributed by atoms with Crippen LogP contribution in [-0.4, -0.2) is 31.3 Å². The smallest absolute Gasteiger partial charge is 0.325 e. The fraction of sp³-hybridized carbons (Fsp3) is 0.909. The summed E-state index contributed by atoms with van der Waals surface area (Å²) in [4.78, 5) is 11.2. The molecule has 0 aromatic heterocycles. The Morgan fingerprint density at radius 2 is 2.13 bits per heavy atom. The number of carbonyl (C=O) groups excluding carboxylic acids is 1. The zero-order chi connectivity index (χ0) is 11.9. The summed E-state index contributed by atoms with van der Waals surface area (Å²) < 4.78 is 10.1. The number of methoxy groups -OCH3 is 1. The first-order valence-electron chi connectivity index (χ1n) is 5.43. The summed E-state index contributed by atoms with van der Waals surface area (Å²) in [6.07, 6.45) is 2.62. The average Bonchev–Trinajstić information content (AvgIpc) is 2.22. The first kappa shape index (κ1) is 14.4. The second-order valence-electron chi connectivity index (χ2n) is 4.10. The van der Waals surface area contributed by atoms with Crippen molar-refractivity contribution in [2.75, 3.05) is 13.7 Å². The van der Waals surface area contributed by atoms with Crippen molar-refractivity contribution in [3.8, 4) is 0 Å². The van der Waals surface area contributed by atoms with Gasteiger partial charge in [0, 0.05) is 6.61 Å². The zero-order valence-corrected chi connectivity index (χ0v) is 10.2. The highest BCUT2D eigenvalue weighted by atomic mass is 16.5. The molecule has 0 aliphatic carbocycles. The molecule has 4 heteroatoms. The van der Waals surface area contributed by atoms with Crippen molar-refractivity contribution in [2.45, 2.75) is 51.7 Å². The Balaban J connectivity index is 3.71. The van der Waals surface area contributed by atoms with Crippen molar-refractivity contribution in [3.05, 3.63) is 0 Å². The van der Waals surface area contributed by atoms with Crippen molar-refractivity contribution in [3.63, 3.8) is 0 Å². The Morgan fingerprint density at radius 3 is 2.60 bits per heavy atom. The van der Waals surface area contributed by atoms with E-state index in [4.69, 9.17) is 10.5 Å². The van der Waals surface area contributed by atoms with Crippen LogP contribution in [0.15, 0.2) is 0 Å². The third-order valence-electron chi connectivity index (χ3n) is 2.47. The highest BCUT2D eigenvalue weighted by Gasteiger charge is 2.28. The maximum absolute atomic E-state index is 11.2. The lowest BCUT2D eigenvalue weighted by Gasteiger charge is -2.21. The van der Waals surface area contributed by atoms with Crippen LogP contribution < -0.4 is 5.73 Å². The number of esters is 1. The molecule has 0 saturated heterocycles. The van der Waals surface area contributed by atoms with E-state index in [1.165, 1.54) is 7.11 Å². The van der Waals surface area contributed by atoms with E-state index < -0.39 is 5.54 Å². The Bertz CT molecular complexity index is 192. The molecular formula is C11H23NO3. The molecule has 0 fully saturated rings. The summed E-state index contributed by atoms with van der Waals surface area (Å²) in [5.41, 5.74) is 4.89. The van der Waals surface area contributed by atoms with Gasteiger partial charge in [-0.15, -0.1) is 0 Å². The van der Waals surface area contributed by atoms with E-state index in [-0.39, 0.29) is 12.1 Å². The van der Waals surface area contributed by atoms with Crippen LogP contribution in [0.5, 0.6) is 0 Å². The molecule has 0 saturated carbocycles. The van der Waals surface area contributed by atoms with Gasteiger partial charge in [-0.2, -0.15) is 0 Å². The summed E-state index contributed by atoms with van der Waals surface area (Å²) in [6, 6.07) is 0. The number of nitrogens with two attached hydrogens (primary N) is 1. The minimum Gasteiger partial charge on any atom is -0.468 e. The molecule has 0 aromatic rings. The molecule has 2 unspecified atom stereocenters. The molecule has 0 bridgehead atoms. The number of rotatable bonds is 7. The normalized spacial score (nSPS) is 16.9. The van der Waals surface area contributed by atoms with E-state index in [0.29, 0.717) is 13.0 Å². The van der Waals surface area contributed by atoms with Crippen molar-refractivity contribution in [2.24, 2.45) is 5.73 Å². The third-order valence-corrected chi connectivity index (χ3v) is 2.47. The van der Waals surface area contributed by atoms with Gasteiger partial charge in [0.25, 0.3) is 0 Å². The van der Waals surface area contributed by atoms with Crippen LogP contribution in [0.3, 0.4) is 0 Å². The summed E-state index contributed by atoms with van der Waals surface area (Å²) in [5.74, 6) is -0.369. The Hall–Kier alpha value is -0.610. The molecule has 2 N–H and O–H groups in total. The molecule has 90 valence electrons. The van der Waals surface area contributed by atoms with Crippen LogP contribution >= 0.6 is 0 Å². The summed E-state index contributed by atoms with van der Waals surface area (Å²) >= 11 is 0. The number of ether oxygens (including phenoxy) is 2. The predicted molar refractivity (Wildman–Crippen MR) is 59.5 cm³/mol. The molecular weight excluding hydrogens is 194 g/mol. The van der Waals surface area contributed by atoms with Crippen LogP contribution in [0.1, 0.15) is 40.0 Å². The SMILES string of the molecule is CCC(C)OCCCC(C)(N)C(=O)OC. The molecule has 4 nitrogen and oxygen atoms in total. The maximum atomic E-state index is 11.2. The van der Waals surface area contributed by atoms with Crippen LogP contribution in [0, 0.1) is 0 Å². The van der Waals surface area contributed by atoms with E-state index in [2.05, 4.69) is 11.7 Å². The largest absolute Gasteiger partial charge is 0.468 e. The van der Waals surface area contributed by atoms with Gasteiger partial charge in [0.15, 0.2) is 0 Å². The van der Waals surface area contributed by atoms with E-state index in [1.807, 2.05) is 6.92 Å². The lowest BCUT2D eigenvalue weighted by molar-refractivity contribution is -0.146. The zero-order valence-electron chi connectivity index (χ0n) is 10.2. The van der Waals surface area contributed by atoms with Crippen LogP contribution in [0.2, 0.25) is 0 Å². The van der Waals surface area contributed by atoms with Gasteiger partial charge in [0.2, 0.25) is 0 Å². The highest BCUT2D eigenvalue weighted by molar-refractivity contribution is 5.79. The van der Waals surface area contributed by atoms with E-state index in [9.17, 15) is 4.79 Å². The minimum absolute atomic E-state index is 0.271. The molecule has 0 aliphatic heterocycles. The molecule has 0 aliphatic rings. The first-order valence-corrected chi connectivity index (χ1v) is 5.43. The molecule has 0 heterocycles. The van der Waals surface area contributed by atoms with Gasteiger partial charge in [-0.05, 0) is 33.1 Å². The topological polar surface area (TPSA) is 61.5 Å². The third kappa shape index (κ3) is 5.74. The summed E-state index contributed by atoms with van der Waals surface area (Å²) in [7, 11) is 1.35. The van der Waals surface area contributed by atoms with Gasteiger partial charge in [-0.25, -0.2) is 0 Å². The number of hydrogen-bond donors (Lipinski definition) is 1. The average molecular weight is 217 g/mol. The number of carbonyl (C=O) groups is 1. The Morgan fingerprint density at radius 1 is 1.53 bits per heavy atom. The molecule has 0 amide bonds. The fourth-order valence-corrected chi connectivity index (χ4v) is 1.18. The van der Waals surface area contributed by atoms with Crippen molar-refractivity contribution in [1.82, 2.24) is 0 Å². The molecule has 0 aromatic carbocycles. The molecule has 0 spiro atoms. The van der Waals surface area contributed by atoms with Gasteiger partial charge >= 0.3 is 5.97 Å². The molecule has 0 rings (SSSR count). The van der Waals surface area contributed by atoms with Crippen LogP contribution in [0.4, 0.5) is 0 Å². The second-order valence-corrected chi connectivity index (χ2v) is 4.10. The van der Waals surface area contributed by atoms with E-state index in [0.717, 1.165) is 12.8 Å².